The maximum absolute atomic E-state index is 11.0. The molecule has 0 spiro atoms. The van der Waals surface area contributed by atoms with E-state index in [-0.39, 0.29) is 0 Å². The molecule has 1 rings (SSSR count). The van der Waals surface area contributed by atoms with E-state index in [1.165, 1.54) is 12.8 Å². The van der Waals surface area contributed by atoms with Gasteiger partial charge in [-0.05, 0) is 32.1 Å². The van der Waals surface area contributed by atoms with Gasteiger partial charge in [-0.15, -0.1) is 0 Å². The van der Waals surface area contributed by atoms with Crippen LogP contribution in [0.1, 0.15) is 46.0 Å². The quantitative estimate of drug-likeness (QED) is 0.707. The zero-order valence-electron chi connectivity index (χ0n) is 7.97. The van der Waals surface area contributed by atoms with Gasteiger partial charge in [-0.3, -0.25) is 4.79 Å². The summed E-state index contributed by atoms with van der Waals surface area (Å²) in [7, 11) is 0. The average Bonchev–Trinajstić information content (AvgIpc) is 2.54. The fourth-order valence-electron chi connectivity index (χ4n) is 2.18. The number of aliphatic carboxylic acids is 1. The lowest BCUT2D eigenvalue weighted by atomic mass is 9.74. The van der Waals surface area contributed by atoms with Crippen LogP contribution in [0.25, 0.3) is 0 Å². The zero-order chi connectivity index (χ0) is 9.19. The second-order valence-electron chi connectivity index (χ2n) is 4.06. The Morgan fingerprint density at radius 2 is 2.00 bits per heavy atom. The van der Waals surface area contributed by atoms with Gasteiger partial charge in [-0.25, -0.2) is 0 Å². The first-order valence-corrected chi connectivity index (χ1v) is 4.84. The molecule has 0 amide bonds. The molecular formula is C10H18O2. The molecule has 0 aromatic rings. The number of carboxylic acids is 1. The van der Waals surface area contributed by atoms with Crippen molar-refractivity contribution in [3.63, 3.8) is 0 Å². The van der Waals surface area contributed by atoms with Crippen LogP contribution in [-0.2, 0) is 4.79 Å². The zero-order valence-corrected chi connectivity index (χ0v) is 7.97. The molecule has 1 unspecified atom stereocenters. The summed E-state index contributed by atoms with van der Waals surface area (Å²) in [6.07, 6.45) is 5.40. The van der Waals surface area contributed by atoms with Crippen LogP contribution in [-0.4, -0.2) is 11.1 Å². The van der Waals surface area contributed by atoms with E-state index >= 15 is 0 Å². The topological polar surface area (TPSA) is 37.3 Å². The van der Waals surface area contributed by atoms with Gasteiger partial charge in [0.1, 0.15) is 0 Å². The SMILES string of the molecule is CCC(C)(C(=O)O)C1CCCC1. The van der Waals surface area contributed by atoms with Gasteiger partial charge < -0.3 is 5.11 Å². The first-order valence-electron chi connectivity index (χ1n) is 4.84. The van der Waals surface area contributed by atoms with Crippen molar-refractivity contribution in [2.45, 2.75) is 46.0 Å². The van der Waals surface area contributed by atoms with Crippen LogP contribution in [0, 0.1) is 11.3 Å². The average molecular weight is 170 g/mol. The van der Waals surface area contributed by atoms with Gasteiger partial charge >= 0.3 is 5.97 Å². The largest absolute Gasteiger partial charge is 0.481 e. The van der Waals surface area contributed by atoms with Crippen molar-refractivity contribution >= 4 is 5.97 Å². The third kappa shape index (κ3) is 1.47. The highest BCUT2D eigenvalue weighted by atomic mass is 16.4. The summed E-state index contributed by atoms with van der Waals surface area (Å²) in [4.78, 5) is 11.0. The predicted octanol–water partition coefficient (Wildman–Crippen LogP) is 2.68. The Kier molecular flexibility index (Phi) is 2.76. The van der Waals surface area contributed by atoms with E-state index < -0.39 is 11.4 Å². The number of hydrogen-bond acceptors (Lipinski definition) is 1. The molecule has 0 radical (unpaired) electrons. The molecule has 0 bridgehead atoms. The minimum atomic E-state index is -0.614. The molecule has 1 fully saturated rings. The van der Waals surface area contributed by atoms with Crippen LogP contribution in [0.4, 0.5) is 0 Å². The van der Waals surface area contributed by atoms with Gasteiger partial charge in [-0.2, -0.15) is 0 Å². The standard InChI is InChI=1S/C10H18O2/c1-3-10(2,9(11)12)8-6-4-5-7-8/h8H,3-7H2,1-2H3,(H,11,12). The molecule has 1 atom stereocenters. The molecule has 1 saturated carbocycles. The monoisotopic (exact) mass is 170 g/mol. The third-order valence-electron chi connectivity index (χ3n) is 3.48. The summed E-state index contributed by atoms with van der Waals surface area (Å²) in [5.41, 5.74) is -0.462. The van der Waals surface area contributed by atoms with Crippen molar-refractivity contribution in [1.29, 1.82) is 0 Å². The highest BCUT2D eigenvalue weighted by Crippen LogP contribution is 2.42. The summed E-state index contributed by atoms with van der Waals surface area (Å²) >= 11 is 0. The molecule has 0 aliphatic heterocycles. The maximum atomic E-state index is 11.0. The molecule has 2 nitrogen and oxygen atoms in total. The van der Waals surface area contributed by atoms with Crippen LogP contribution >= 0.6 is 0 Å². The van der Waals surface area contributed by atoms with Crippen molar-refractivity contribution in [3.05, 3.63) is 0 Å². The van der Waals surface area contributed by atoms with Crippen LogP contribution in [0.3, 0.4) is 0 Å². The highest BCUT2D eigenvalue weighted by Gasteiger charge is 2.40. The number of carbonyl (C=O) groups is 1. The summed E-state index contributed by atoms with van der Waals surface area (Å²) in [5.74, 6) is -0.197. The summed E-state index contributed by atoms with van der Waals surface area (Å²) < 4.78 is 0. The van der Waals surface area contributed by atoms with Crippen molar-refractivity contribution in [2.75, 3.05) is 0 Å². The molecule has 0 aromatic carbocycles. The lowest BCUT2D eigenvalue weighted by Gasteiger charge is -2.29. The molecule has 1 N–H and O–H groups in total. The first-order chi connectivity index (χ1) is 5.61. The number of carboxylic acid groups (broad SMARTS) is 1. The Balaban J connectivity index is 2.70. The highest BCUT2D eigenvalue weighted by molar-refractivity contribution is 5.74. The molecule has 0 saturated heterocycles. The van der Waals surface area contributed by atoms with Gasteiger partial charge in [0, 0.05) is 0 Å². The second-order valence-corrected chi connectivity index (χ2v) is 4.06. The van der Waals surface area contributed by atoms with E-state index in [9.17, 15) is 4.79 Å². The van der Waals surface area contributed by atoms with E-state index in [2.05, 4.69) is 0 Å². The number of rotatable bonds is 3. The Morgan fingerprint density at radius 1 is 1.50 bits per heavy atom. The third-order valence-corrected chi connectivity index (χ3v) is 3.48. The van der Waals surface area contributed by atoms with Crippen molar-refractivity contribution < 1.29 is 9.90 Å². The first kappa shape index (κ1) is 9.56. The van der Waals surface area contributed by atoms with E-state index in [1.54, 1.807) is 0 Å². The van der Waals surface area contributed by atoms with E-state index in [1.807, 2.05) is 13.8 Å². The Labute approximate surface area is 74.0 Å². The summed E-state index contributed by atoms with van der Waals surface area (Å²) in [5, 5.41) is 9.09. The fourth-order valence-corrected chi connectivity index (χ4v) is 2.18. The molecular weight excluding hydrogens is 152 g/mol. The van der Waals surface area contributed by atoms with Gasteiger partial charge in [0.15, 0.2) is 0 Å². The molecule has 0 aromatic heterocycles. The normalized spacial score (nSPS) is 23.8. The Bertz CT molecular complexity index is 171. The van der Waals surface area contributed by atoms with E-state index in [0.29, 0.717) is 5.92 Å². The molecule has 2 heteroatoms. The van der Waals surface area contributed by atoms with Gasteiger partial charge in [0.2, 0.25) is 0 Å². The van der Waals surface area contributed by atoms with Crippen molar-refractivity contribution in [2.24, 2.45) is 11.3 Å². The molecule has 12 heavy (non-hydrogen) atoms. The minimum Gasteiger partial charge on any atom is -0.481 e. The predicted molar refractivity (Wildman–Crippen MR) is 48.0 cm³/mol. The Morgan fingerprint density at radius 3 is 2.33 bits per heavy atom. The molecule has 0 heterocycles. The van der Waals surface area contributed by atoms with Crippen LogP contribution in [0.2, 0.25) is 0 Å². The minimum absolute atomic E-state index is 0.417. The number of hydrogen-bond donors (Lipinski definition) is 1. The Hall–Kier alpha value is -0.530. The molecule has 1 aliphatic carbocycles. The van der Waals surface area contributed by atoms with Crippen LogP contribution < -0.4 is 0 Å². The van der Waals surface area contributed by atoms with Crippen LogP contribution in [0.15, 0.2) is 0 Å². The fraction of sp³-hybridized carbons (Fsp3) is 0.900. The molecule has 1 aliphatic rings. The van der Waals surface area contributed by atoms with E-state index in [0.717, 1.165) is 19.3 Å². The van der Waals surface area contributed by atoms with Crippen molar-refractivity contribution in [1.82, 2.24) is 0 Å². The smallest absolute Gasteiger partial charge is 0.309 e. The lowest BCUT2D eigenvalue weighted by Crippen LogP contribution is -2.33. The van der Waals surface area contributed by atoms with Crippen molar-refractivity contribution in [3.8, 4) is 0 Å². The van der Waals surface area contributed by atoms with E-state index in [4.69, 9.17) is 5.11 Å². The summed E-state index contributed by atoms with van der Waals surface area (Å²) in [6, 6.07) is 0. The van der Waals surface area contributed by atoms with Gasteiger partial charge in [0.05, 0.1) is 5.41 Å². The maximum Gasteiger partial charge on any atom is 0.309 e. The van der Waals surface area contributed by atoms with Crippen LogP contribution in [0.5, 0.6) is 0 Å². The van der Waals surface area contributed by atoms with Gasteiger partial charge in [-0.1, -0.05) is 19.8 Å². The lowest BCUT2D eigenvalue weighted by molar-refractivity contribution is -0.151. The summed E-state index contributed by atoms with van der Waals surface area (Å²) in [6.45, 7) is 3.87. The molecule has 70 valence electrons. The van der Waals surface area contributed by atoms with Gasteiger partial charge in [0.25, 0.3) is 0 Å². The second kappa shape index (κ2) is 3.46.